The van der Waals surface area contributed by atoms with Crippen LogP contribution >= 0.6 is 0 Å². The quantitative estimate of drug-likeness (QED) is 0.167. The first-order valence-corrected chi connectivity index (χ1v) is 23.6. The van der Waals surface area contributed by atoms with E-state index in [4.69, 9.17) is 19.4 Å². The molecule has 7 heteroatoms. The molecule has 7 nitrogen and oxygen atoms in total. The first kappa shape index (κ1) is 38.5. The van der Waals surface area contributed by atoms with Gasteiger partial charge in [0.25, 0.3) is 0 Å². The summed E-state index contributed by atoms with van der Waals surface area (Å²) in [6.45, 7) is 0. The second kappa shape index (κ2) is 15.0. The number of rotatable bonds is 6. The Bertz CT molecular complexity index is 4470. The zero-order valence-corrected chi connectivity index (χ0v) is 37.5. The molecule has 10 aromatic carbocycles. The normalized spacial score (nSPS) is 12.0. The maximum absolute atomic E-state index is 7.00. The van der Waals surface area contributed by atoms with E-state index in [1.54, 1.807) is 0 Å². The third-order valence-electron chi connectivity index (χ3n) is 14.1. The molecule has 0 radical (unpaired) electrons. The molecule has 70 heavy (non-hydrogen) atoms. The minimum atomic E-state index is 0.539. The van der Waals surface area contributed by atoms with Crippen molar-refractivity contribution >= 4 is 87.4 Å². The van der Waals surface area contributed by atoms with Crippen LogP contribution in [0.3, 0.4) is 0 Å². The molecular formula is C63H38N6O. The highest BCUT2D eigenvalue weighted by Gasteiger charge is 2.26. The van der Waals surface area contributed by atoms with Gasteiger partial charge in [-0.05, 0) is 78.9 Å². The SMILES string of the molecule is c1ccc(-c2nc(-c3ccccc3)nc(-c3ccc(-n4c5ccc(-n6c7ccccc7c7ccccc76)cc5c5c6c7ccccc7n(-c7ccccc7)c6ccc54)c4c3oc3ccccc34)n2)cc1. The molecule has 0 atom stereocenters. The number of furan rings is 1. The van der Waals surface area contributed by atoms with E-state index in [1.165, 1.54) is 38.0 Å². The predicted molar refractivity (Wildman–Crippen MR) is 286 cm³/mol. The Morgan fingerprint density at radius 2 is 0.771 bits per heavy atom. The van der Waals surface area contributed by atoms with Gasteiger partial charge in [0.05, 0.1) is 49.7 Å². The van der Waals surface area contributed by atoms with Crippen LogP contribution in [0.2, 0.25) is 0 Å². The zero-order valence-electron chi connectivity index (χ0n) is 37.5. The lowest BCUT2D eigenvalue weighted by Gasteiger charge is -2.13. The van der Waals surface area contributed by atoms with E-state index in [1.807, 2.05) is 72.8 Å². The molecule has 5 aromatic heterocycles. The van der Waals surface area contributed by atoms with Crippen LogP contribution in [0.4, 0.5) is 0 Å². The molecule has 0 aliphatic heterocycles. The Balaban J connectivity index is 1.06. The van der Waals surface area contributed by atoms with Gasteiger partial charge in [0, 0.05) is 60.2 Å². The van der Waals surface area contributed by atoms with Crippen molar-refractivity contribution in [1.82, 2.24) is 28.7 Å². The van der Waals surface area contributed by atoms with E-state index in [-0.39, 0.29) is 0 Å². The molecule has 0 N–H and O–H groups in total. The summed E-state index contributed by atoms with van der Waals surface area (Å²) in [5, 5.41) is 9.18. The lowest BCUT2D eigenvalue weighted by Crippen LogP contribution is -2.01. The second-order valence-electron chi connectivity index (χ2n) is 17.9. The third-order valence-corrected chi connectivity index (χ3v) is 14.1. The van der Waals surface area contributed by atoms with Gasteiger partial charge in [0.15, 0.2) is 17.5 Å². The van der Waals surface area contributed by atoms with E-state index < -0.39 is 0 Å². The van der Waals surface area contributed by atoms with E-state index in [0.29, 0.717) is 23.1 Å². The fourth-order valence-corrected chi connectivity index (χ4v) is 11.1. The fourth-order valence-electron chi connectivity index (χ4n) is 11.1. The van der Waals surface area contributed by atoms with Crippen molar-refractivity contribution in [1.29, 1.82) is 0 Å². The van der Waals surface area contributed by atoms with Gasteiger partial charge >= 0.3 is 0 Å². The minimum absolute atomic E-state index is 0.539. The number of fused-ring (bicyclic) bond motifs is 13. The fraction of sp³-hybridized carbons (Fsp3) is 0. The van der Waals surface area contributed by atoms with E-state index >= 15 is 0 Å². The second-order valence-corrected chi connectivity index (χ2v) is 17.9. The van der Waals surface area contributed by atoms with Crippen LogP contribution in [0.15, 0.2) is 235 Å². The summed E-state index contributed by atoms with van der Waals surface area (Å²) in [6.07, 6.45) is 0. The van der Waals surface area contributed by atoms with Gasteiger partial charge in [-0.15, -0.1) is 0 Å². The van der Waals surface area contributed by atoms with Crippen molar-refractivity contribution in [3.8, 4) is 51.2 Å². The van der Waals surface area contributed by atoms with Crippen LogP contribution in [-0.2, 0) is 0 Å². The zero-order chi connectivity index (χ0) is 45.9. The smallest absolute Gasteiger partial charge is 0.167 e. The van der Waals surface area contributed by atoms with Crippen LogP contribution in [0, 0.1) is 0 Å². The Morgan fingerprint density at radius 3 is 1.43 bits per heavy atom. The number of hydrogen-bond acceptors (Lipinski definition) is 4. The van der Waals surface area contributed by atoms with Crippen molar-refractivity contribution in [3.05, 3.63) is 231 Å². The van der Waals surface area contributed by atoms with E-state index in [0.717, 1.165) is 77.6 Å². The van der Waals surface area contributed by atoms with Crippen LogP contribution in [-0.4, -0.2) is 28.7 Å². The van der Waals surface area contributed by atoms with Crippen LogP contribution in [0.25, 0.3) is 139 Å². The first-order valence-electron chi connectivity index (χ1n) is 23.6. The van der Waals surface area contributed by atoms with Gasteiger partial charge in [-0.2, -0.15) is 0 Å². The monoisotopic (exact) mass is 894 g/mol. The van der Waals surface area contributed by atoms with Crippen LogP contribution in [0.5, 0.6) is 0 Å². The highest BCUT2D eigenvalue weighted by atomic mass is 16.3. The van der Waals surface area contributed by atoms with Gasteiger partial charge in [0.1, 0.15) is 11.2 Å². The van der Waals surface area contributed by atoms with Gasteiger partial charge < -0.3 is 18.1 Å². The summed E-state index contributed by atoms with van der Waals surface area (Å²) >= 11 is 0. The van der Waals surface area contributed by atoms with Gasteiger partial charge in [-0.3, -0.25) is 0 Å². The molecule has 0 amide bonds. The largest absolute Gasteiger partial charge is 0.455 e. The van der Waals surface area contributed by atoms with Crippen molar-refractivity contribution < 1.29 is 4.42 Å². The average molecular weight is 895 g/mol. The average Bonchev–Trinajstić information content (AvgIpc) is 4.18. The Kier molecular flexibility index (Phi) is 8.23. The molecule has 0 aliphatic carbocycles. The highest BCUT2D eigenvalue weighted by molar-refractivity contribution is 6.30. The van der Waals surface area contributed by atoms with E-state index in [9.17, 15) is 0 Å². The highest BCUT2D eigenvalue weighted by Crippen LogP contribution is 2.47. The van der Waals surface area contributed by atoms with Crippen molar-refractivity contribution in [2.24, 2.45) is 0 Å². The summed E-state index contributed by atoms with van der Waals surface area (Å²) in [7, 11) is 0. The summed E-state index contributed by atoms with van der Waals surface area (Å²) in [4.78, 5) is 15.4. The summed E-state index contributed by atoms with van der Waals surface area (Å²) in [5.74, 6) is 1.73. The molecule has 0 spiro atoms. The summed E-state index contributed by atoms with van der Waals surface area (Å²) in [6, 6.07) is 81.5. The lowest BCUT2D eigenvalue weighted by molar-refractivity contribution is 0.669. The molecule has 15 rings (SSSR count). The number of benzene rings is 10. The van der Waals surface area contributed by atoms with Gasteiger partial charge in [0.2, 0.25) is 0 Å². The molecule has 0 bridgehead atoms. The molecule has 0 saturated carbocycles. The Morgan fingerprint density at radius 1 is 0.300 bits per heavy atom. The number of hydrogen-bond donors (Lipinski definition) is 0. The molecule has 0 saturated heterocycles. The third kappa shape index (κ3) is 5.60. The molecule has 15 aromatic rings. The van der Waals surface area contributed by atoms with Crippen molar-refractivity contribution in [2.45, 2.75) is 0 Å². The first-order chi connectivity index (χ1) is 34.7. The summed E-state index contributed by atoms with van der Waals surface area (Å²) < 4.78 is 14.3. The molecule has 5 heterocycles. The van der Waals surface area contributed by atoms with Crippen LogP contribution in [0.1, 0.15) is 0 Å². The van der Waals surface area contributed by atoms with Gasteiger partial charge in [-0.1, -0.05) is 152 Å². The Hall–Kier alpha value is -9.59. The van der Waals surface area contributed by atoms with Crippen molar-refractivity contribution in [2.75, 3.05) is 0 Å². The molecule has 0 fully saturated rings. The lowest BCUT2D eigenvalue weighted by atomic mass is 10.0. The minimum Gasteiger partial charge on any atom is -0.455 e. The maximum atomic E-state index is 7.00. The van der Waals surface area contributed by atoms with E-state index in [2.05, 4.69) is 171 Å². The maximum Gasteiger partial charge on any atom is 0.167 e. The topological polar surface area (TPSA) is 66.6 Å². The molecule has 0 aliphatic rings. The number of aromatic nitrogens is 6. The van der Waals surface area contributed by atoms with Crippen LogP contribution < -0.4 is 0 Å². The molecule has 326 valence electrons. The molecular weight excluding hydrogens is 857 g/mol. The van der Waals surface area contributed by atoms with Gasteiger partial charge in [-0.25, -0.2) is 15.0 Å². The number of nitrogens with zero attached hydrogens (tertiary/aromatic N) is 6. The standard InChI is InChI=1S/C63H38N6O/c1-4-18-39(19-5-1)61-64-62(40-20-6-2-7-21-40)66-63(65-61)47-33-35-55(59-46-27-13-17-31-56(46)70-60(47)59)69-52-34-32-42(68-49-28-14-10-24-43(49)44-25-11-15-29-50(44)68)38-48(52)58-54(69)37-36-53-57(58)45-26-12-16-30-51(45)67(53)41-22-8-3-9-23-41/h1-38H. The predicted octanol–water partition coefficient (Wildman–Crippen LogP) is 16.1. The Labute approximate surface area is 400 Å². The number of para-hydroxylation sites is 5. The molecule has 0 unspecified atom stereocenters. The summed E-state index contributed by atoms with van der Waals surface area (Å²) in [5.41, 5.74) is 14.1. The van der Waals surface area contributed by atoms with Crippen molar-refractivity contribution in [3.63, 3.8) is 0 Å².